The van der Waals surface area contributed by atoms with Crippen LogP contribution in [0.2, 0.25) is 4.34 Å². The highest BCUT2D eigenvalue weighted by Gasteiger charge is 2.20. The average molecular weight is 428 g/mol. The number of ether oxygens (including phenoxy) is 1. The van der Waals surface area contributed by atoms with Gasteiger partial charge in [-0.05, 0) is 18.2 Å². The number of likely N-dealkylation sites (N-methyl/N-ethyl adjacent to an activating group) is 1. The van der Waals surface area contributed by atoms with Crippen molar-refractivity contribution in [2.24, 2.45) is 0 Å². The highest BCUT2D eigenvalue weighted by molar-refractivity contribution is 7.16. The summed E-state index contributed by atoms with van der Waals surface area (Å²) in [7, 11) is 1.62. The van der Waals surface area contributed by atoms with Gasteiger partial charge in [-0.2, -0.15) is 0 Å². The molecule has 0 aliphatic carbocycles. The molecular formula is C22H18ClNO4S. The zero-order valence-corrected chi connectivity index (χ0v) is 17.2. The largest absolute Gasteiger partial charge is 0.452 e. The van der Waals surface area contributed by atoms with E-state index in [0.717, 1.165) is 4.88 Å². The summed E-state index contributed by atoms with van der Waals surface area (Å²) in [5.41, 5.74) is 0.831. The van der Waals surface area contributed by atoms with Gasteiger partial charge >= 0.3 is 5.97 Å². The van der Waals surface area contributed by atoms with E-state index in [9.17, 15) is 14.4 Å². The summed E-state index contributed by atoms with van der Waals surface area (Å²) < 4.78 is 5.82. The standard InChI is InChI=1S/C22H18ClNO4S/c1-24(13-16-11-12-19(23)29-16)20(25)14-28-22(27)18-10-6-5-9-17(18)21(26)15-7-3-2-4-8-15/h2-12H,13-14H2,1H3. The lowest BCUT2D eigenvalue weighted by Gasteiger charge is -2.16. The van der Waals surface area contributed by atoms with Crippen molar-refractivity contribution in [3.05, 3.63) is 92.6 Å². The van der Waals surface area contributed by atoms with Crippen LogP contribution >= 0.6 is 22.9 Å². The van der Waals surface area contributed by atoms with E-state index in [-0.39, 0.29) is 22.8 Å². The van der Waals surface area contributed by atoms with Crippen LogP contribution in [0.5, 0.6) is 0 Å². The maximum Gasteiger partial charge on any atom is 0.339 e. The quantitative estimate of drug-likeness (QED) is 0.413. The van der Waals surface area contributed by atoms with Gasteiger partial charge in [-0.3, -0.25) is 9.59 Å². The predicted molar refractivity (Wildman–Crippen MR) is 112 cm³/mol. The molecule has 1 aromatic heterocycles. The summed E-state index contributed by atoms with van der Waals surface area (Å²) in [6, 6.07) is 18.7. The van der Waals surface area contributed by atoms with E-state index in [4.69, 9.17) is 16.3 Å². The summed E-state index contributed by atoms with van der Waals surface area (Å²) in [6.45, 7) is -0.0425. The van der Waals surface area contributed by atoms with Crippen molar-refractivity contribution in [2.45, 2.75) is 6.54 Å². The average Bonchev–Trinajstić information content (AvgIpc) is 3.16. The van der Waals surface area contributed by atoms with Crippen LogP contribution in [0.25, 0.3) is 0 Å². The topological polar surface area (TPSA) is 63.7 Å². The summed E-state index contributed by atoms with van der Waals surface area (Å²) in [6.07, 6.45) is 0. The lowest BCUT2D eigenvalue weighted by atomic mass is 9.98. The zero-order valence-electron chi connectivity index (χ0n) is 15.6. The molecule has 0 spiro atoms. The van der Waals surface area contributed by atoms with Crippen LogP contribution in [-0.2, 0) is 16.1 Å². The van der Waals surface area contributed by atoms with E-state index >= 15 is 0 Å². The predicted octanol–water partition coefficient (Wildman–Crippen LogP) is 4.45. The van der Waals surface area contributed by atoms with Crippen molar-refractivity contribution in [3.63, 3.8) is 0 Å². The Morgan fingerprint density at radius 1 is 0.931 bits per heavy atom. The van der Waals surface area contributed by atoms with Crippen LogP contribution in [-0.4, -0.2) is 36.2 Å². The van der Waals surface area contributed by atoms with E-state index in [2.05, 4.69) is 0 Å². The van der Waals surface area contributed by atoms with Crippen LogP contribution in [0, 0.1) is 0 Å². The molecule has 7 heteroatoms. The molecule has 148 valence electrons. The number of rotatable bonds is 7. The van der Waals surface area contributed by atoms with E-state index in [1.54, 1.807) is 55.6 Å². The third-order valence-corrected chi connectivity index (χ3v) is 5.42. The van der Waals surface area contributed by atoms with E-state index in [1.807, 2.05) is 12.1 Å². The molecule has 0 N–H and O–H groups in total. The first kappa shape index (κ1) is 20.8. The highest BCUT2D eigenvalue weighted by atomic mass is 35.5. The molecule has 0 atom stereocenters. The molecule has 0 unspecified atom stereocenters. The van der Waals surface area contributed by atoms with Crippen LogP contribution in [0.15, 0.2) is 66.7 Å². The summed E-state index contributed by atoms with van der Waals surface area (Å²) >= 11 is 7.28. The van der Waals surface area contributed by atoms with Gasteiger partial charge in [0.15, 0.2) is 12.4 Å². The molecule has 0 radical (unpaired) electrons. The molecule has 2 aromatic carbocycles. The maximum absolute atomic E-state index is 12.7. The van der Waals surface area contributed by atoms with Crippen molar-refractivity contribution in [1.82, 2.24) is 4.90 Å². The second-order valence-electron chi connectivity index (χ2n) is 6.27. The summed E-state index contributed by atoms with van der Waals surface area (Å²) in [5, 5.41) is 0. The maximum atomic E-state index is 12.7. The molecule has 0 bridgehead atoms. The van der Waals surface area contributed by atoms with Gasteiger partial charge in [-0.1, -0.05) is 60.1 Å². The van der Waals surface area contributed by atoms with Crippen LogP contribution in [0.3, 0.4) is 0 Å². The van der Waals surface area contributed by atoms with Crippen molar-refractivity contribution in [2.75, 3.05) is 13.7 Å². The van der Waals surface area contributed by atoms with Gasteiger partial charge in [-0.25, -0.2) is 4.79 Å². The Morgan fingerprint density at radius 2 is 1.59 bits per heavy atom. The number of carbonyl (C=O) groups excluding carboxylic acids is 3. The number of thiophene rings is 1. The van der Waals surface area contributed by atoms with Crippen molar-refractivity contribution >= 4 is 40.6 Å². The number of ketones is 1. The molecule has 1 heterocycles. The minimum absolute atomic E-state index is 0.127. The number of benzene rings is 2. The molecule has 1 amide bonds. The normalized spacial score (nSPS) is 10.4. The lowest BCUT2D eigenvalue weighted by Crippen LogP contribution is -2.30. The summed E-state index contributed by atoms with van der Waals surface area (Å²) in [4.78, 5) is 39.9. The number of hydrogen-bond donors (Lipinski definition) is 0. The fourth-order valence-corrected chi connectivity index (χ4v) is 3.82. The molecule has 0 aliphatic rings. The van der Waals surface area contributed by atoms with Crippen LogP contribution in [0.4, 0.5) is 0 Å². The van der Waals surface area contributed by atoms with Gasteiger partial charge in [0.1, 0.15) is 0 Å². The Balaban J connectivity index is 1.65. The SMILES string of the molecule is CN(Cc1ccc(Cl)s1)C(=O)COC(=O)c1ccccc1C(=O)c1ccccc1. The molecule has 0 saturated heterocycles. The molecular weight excluding hydrogens is 410 g/mol. The van der Waals surface area contributed by atoms with Gasteiger partial charge in [0.25, 0.3) is 5.91 Å². The zero-order chi connectivity index (χ0) is 20.8. The second kappa shape index (κ2) is 9.49. The Bertz CT molecular complexity index is 1030. The number of amides is 1. The summed E-state index contributed by atoms with van der Waals surface area (Å²) in [5.74, 6) is -1.35. The van der Waals surface area contributed by atoms with Gasteiger partial charge < -0.3 is 9.64 Å². The smallest absolute Gasteiger partial charge is 0.339 e. The first-order valence-electron chi connectivity index (χ1n) is 8.80. The van der Waals surface area contributed by atoms with E-state index in [0.29, 0.717) is 16.4 Å². The minimum Gasteiger partial charge on any atom is -0.452 e. The fraction of sp³-hybridized carbons (Fsp3) is 0.136. The molecule has 3 rings (SSSR count). The number of hydrogen-bond acceptors (Lipinski definition) is 5. The molecule has 0 saturated carbocycles. The Labute approximate surface area is 177 Å². The molecule has 0 aliphatic heterocycles. The minimum atomic E-state index is -0.717. The van der Waals surface area contributed by atoms with Gasteiger partial charge in [0, 0.05) is 23.1 Å². The molecule has 3 aromatic rings. The van der Waals surface area contributed by atoms with Gasteiger partial charge in [0.2, 0.25) is 0 Å². The number of esters is 1. The Morgan fingerprint density at radius 3 is 2.24 bits per heavy atom. The number of halogens is 1. The monoisotopic (exact) mass is 427 g/mol. The number of carbonyl (C=O) groups is 3. The Hall–Kier alpha value is -2.96. The van der Waals surface area contributed by atoms with Crippen LogP contribution < -0.4 is 0 Å². The van der Waals surface area contributed by atoms with E-state index < -0.39 is 12.6 Å². The number of nitrogens with zero attached hydrogens (tertiary/aromatic N) is 1. The Kier molecular flexibility index (Phi) is 6.80. The lowest BCUT2D eigenvalue weighted by molar-refractivity contribution is -0.133. The van der Waals surface area contributed by atoms with Crippen molar-refractivity contribution in [3.8, 4) is 0 Å². The first-order chi connectivity index (χ1) is 14.0. The first-order valence-corrected chi connectivity index (χ1v) is 9.99. The van der Waals surface area contributed by atoms with Crippen LogP contribution in [0.1, 0.15) is 31.2 Å². The highest BCUT2D eigenvalue weighted by Crippen LogP contribution is 2.22. The van der Waals surface area contributed by atoms with Crippen molar-refractivity contribution < 1.29 is 19.1 Å². The molecule has 29 heavy (non-hydrogen) atoms. The third-order valence-electron chi connectivity index (χ3n) is 4.20. The van der Waals surface area contributed by atoms with Crippen molar-refractivity contribution in [1.29, 1.82) is 0 Å². The molecule has 5 nitrogen and oxygen atoms in total. The van der Waals surface area contributed by atoms with Gasteiger partial charge in [-0.15, -0.1) is 11.3 Å². The second-order valence-corrected chi connectivity index (χ2v) is 8.07. The van der Waals surface area contributed by atoms with E-state index in [1.165, 1.54) is 22.3 Å². The van der Waals surface area contributed by atoms with Gasteiger partial charge in [0.05, 0.1) is 16.4 Å². The third kappa shape index (κ3) is 5.31. The fourth-order valence-electron chi connectivity index (χ4n) is 2.68. The molecule has 0 fully saturated rings.